The highest BCUT2D eigenvalue weighted by molar-refractivity contribution is 5.43. The second-order valence-electron chi connectivity index (χ2n) is 6.01. The lowest BCUT2D eigenvalue weighted by Gasteiger charge is -2.29. The predicted molar refractivity (Wildman–Crippen MR) is 86.2 cm³/mol. The van der Waals surface area contributed by atoms with Gasteiger partial charge in [-0.15, -0.1) is 0 Å². The normalized spacial score (nSPS) is 21.6. The topological polar surface area (TPSA) is 28.2 Å². The summed E-state index contributed by atoms with van der Waals surface area (Å²) in [6.07, 6.45) is 8.42. The number of rotatable bonds is 5. The molecule has 1 aromatic heterocycles. The number of nitrogens with one attached hydrogen (secondary N) is 1. The SMILES string of the molecule is CCCNC(C)c1ccnc(N2CCCCCC2C)c1. The smallest absolute Gasteiger partial charge is 0.129 e. The fourth-order valence-corrected chi connectivity index (χ4v) is 2.95. The van der Waals surface area contributed by atoms with Crippen molar-refractivity contribution in [2.75, 3.05) is 18.0 Å². The maximum atomic E-state index is 4.62. The summed E-state index contributed by atoms with van der Waals surface area (Å²) in [5.41, 5.74) is 1.35. The molecule has 0 amide bonds. The Hall–Kier alpha value is -1.09. The van der Waals surface area contributed by atoms with Gasteiger partial charge < -0.3 is 10.2 Å². The molecule has 2 atom stereocenters. The first kappa shape index (κ1) is 15.3. The second kappa shape index (κ2) is 7.63. The zero-order valence-electron chi connectivity index (χ0n) is 13.2. The largest absolute Gasteiger partial charge is 0.354 e. The van der Waals surface area contributed by atoms with E-state index in [1.807, 2.05) is 6.20 Å². The summed E-state index contributed by atoms with van der Waals surface area (Å²) in [7, 11) is 0. The van der Waals surface area contributed by atoms with Crippen molar-refractivity contribution in [3.63, 3.8) is 0 Å². The Labute approximate surface area is 123 Å². The van der Waals surface area contributed by atoms with E-state index >= 15 is 0 Å². The van der Waals surface area contributed by atoms with E-state index in [-0.39, 0.29) is 0 Å². The van der Waals surface area contributed by atoms with Gasteiger partial charge in [0.2, 0.25) is 0 Å². The van der Waals surface area contributed by atoms with Gasteiger partial charge in [-0.05, 0) is 57.4 Å². The lowest BCUT2D eigenvalue weighted by molar-refractivity contribution is 0.568. The second-order valence-corrected chi connectivity index (χ2v) is 6.01. The Morgan fingerprint density at radius 2 is 2.25 bits per heavy atom. The van der Waals surface area contributed by atoms with Gasteiger partial charge in [0, 0.05) is 24.8 Å². The van der Waals surface area contributed by atoms with Gasteiger partial charge in [-0.25, -0.2) is 4.98 Å². The van der Waals surface area contributed by atoms with Crippen molar-refractivity contribution in [2.24, 2.45) is 0 Å². The highest BCUT2D eigenvalue weighted by Crippen LogP contribution is 2.24. The van der Waals surface area contributed by atoms with Crippen LogP contribution in [0, 0.1) is 0 Å². The van der Waals surface area contributed by atoms with Gasteiger partial charge >= 0.3 is 0 Å². The molecule has 0 radical (unpaired) electrons. The summed E-state index contributed by atoms with van der Waals surface area (Å²) >= 11 is 0. The fourth-order valence-electron chi connectivity index (χ4n) is 2.95. The first-order valence-corrected chi connectivity index (χ1v) is 8.18. The number of hydrogen-bond acceptors (Lipinski definition) is 3. The minimum absolute atomic E-state index is 0.402. The van der Waals surface area contributed by atoms with Gasteiger partial charge in [0.05, 0.1) is 0 Å². The van der Waals surface area contributed by atoms with Crippen LogP contribution < -0.4 is 10.2 Å². The van der Waals surface area contributed by atoms with Gasteiger partial charge in [0.1, 0.15) is 5.82 Å². The van der Waals surface area contributed by atoms with Crippen molar-refractivity contribution < 1.29 is 0 Å². The maximum Gasteiger partial charge on any atom is 0.129 e. The summed E-state index contributed by atoms with van der Waals surface area (Å²) < 4.78 is 0. The van der Waals surface area contributed by atoms with Crippen LogP contribution in [0.2, 0.25) is 0 Å². The molecule has 1 aliphatic rings. The molecule has 0 spiro atoms. The summed E-state index contributed by atoms with van der Waals surface area (Å²) in [5.74, 6) is 1.15. The van der Waals surface area contributed by atoms with Gasteiger partial charge in [-0.2, -0.15) is 0 Å². The Bertz CT molecular complexity index is 405. The standard InChI is InChI=1S/C17H29N3/c1-4-10-18-15(3)16-9-11-19-17(13-16)20-12-7-5-6-8-14(20)2/h9,11,13-15,18H,4-8,10,12H2,1-3H3. The minimum Gasteiger partial charge on any atom is -0.354 e. The molecule has 2 rings (SSSR count). The van der Waals surface area contributed by atoms with Crippen LogP contribution in [0.1, 0.15) is 64.5 Å². The van der Waals surface area contributed by atoms with E-state index in [0.29, 0.717) is 12.1 Å². The van der Waals surface area contributed by atoms with Gasteiger partial charge in [0.25, 0.3) is 0 Å². The fraction of sp³-hybridized carbons (Fsp3) is 0.706. The molecule has 112 valence electrons. The quantitative estimate of drug-likeness (QED) is 0.883. The number of nitrogens with zero attached hydrogens (tertiary/aromatic N) is 2. The zero-order valence-corrected chi connectivity index (χ0v) is 13.2. The van der Waals surface area contributed by atoms with Crippen molar-refractivity contribution >= 4 is 5.82 Å². The van der Waals surface area contributed by atoms with Gasteiger partial charge in [-0.3, -0.25) is 0 Å². The van der Waals surface area contributed by atoms with Crippen LogP contribution in [0.25, 0.3) is 0 Å². The van der Waals surface area contributed by atoms with Crippen LogP contribution in [-0.2, 0) is 0 Å². The predicted octanol–water partition coefficient (Wildman–Crippen LogP) is 3.91. The van der Waals surface area contributed by atoms with Crippen LogP contribution in [0.3, 0.4) is 0 Å². The molecular formula is C17H29N3. The minimum atomic E-state index is 0.402. The Morgan fingerprint density at radius 1 is 1.40 bits per heavy atom. The number of aromatic nitrogens is 1. The van der Waals surface area contributed by atoms with E-state index < -0.39 is 0 Å². The van der Waals surface area contributed by atoms with Crippen LogP contribution in [0.4, 0.5) is 5.82 Å². The van der Waals surface area contributed by atoms with E-state index in [9.17, 15) is 0 Å². The molecule has 1 aromatic rings. The van der Waals surface area contributed by atoms with E-state index in [2.05, 4.69) is 48.1 Å². The highest BCUT2D eigenvalue weighted by Gasteiger charge is 2.19. The summed E-state index contributed by atoms with van der Waals surface area (Å²) in [5, 5.41) is 3.56. The van der Waals surface area contributed by atoms with Crippen LogP contribution >= 0.6 is 0 Å². The molecule has 20 heavy (non-hydrogen) atoms. The van der Waals surface area contributed by atoms with Crippen LogP contribution in [0.15, 0.2) is 18.3 Å². The molecule has 1 saturated heterocycles. The van der Waals surface area contributed by atoms with Crippen molar-refractivity contribution in [3.8, 4) is 0 Å². The first-order valence-electron chi connectivity index (χ1n) is 8.18. The molecule has 0 aliphatic carbocycles. The summed E-state index contributed by atoms with van der Waals surface area (Å²) in [6, 6.07) is 5.42. The number of pyridine rings is 1. The lowest BCUT2D eigenvalue weighted by atomic mass is 10.1. The number of hydrogen-bond donors (Lipinski definition) is 1. The number of anilines is 1. The van der Waals surface area contributed by atoms with Crippen LogP contribution in [0.5, 0.6) is 0 Å². The average molecular weight is 275 g/mol. The third-order valence-electron chi connectivity index (χ3n) is 4.32. The molecule has 1 N–H and O–H groups in total. The Kier molecular flexibility index (Phi) is 5.84. The molecule has 3 heteroatoms. The molecule has 2 heterocycles. The molecule has 0 bridgehead atoms. The van der Waals surface area contributed by atoms with Gasteiger partial charge in [0.15, 0.2) is 0 Å². The summed E-state index contributed by atoms with van der Waals surface area (Å²) in [6.45, 7) is 8.99. The first-order chi connectivity index (χ1) is 9.72. The molecule has 0 aromatic carbocycles. The maximum absolute atomic E-state index is 4.62. The Balaban J connectivity index is 2.11. The third-order valence-corrected chi connectivity index (χ3v) is 4.32. The highest BCUT2D eigenvalue weighted by atomic mass is 15.2. The molecular weight excluding hydrogens is 246 g/mol. The summed E-state index contributed by atoms with van der Waals surface area (Å²) in [4.78, 5) is 7.11. The van der Waals surface area contributed by atoms with E-state index in [4.69, 9.17) is 0 Å². The van der Waals surface area contributed by atoms with Crippen LogP contribution in [-0.4, -0.2) is 24.1 Å². The molecule has 1 aliphatic heterocycles. The van der Waals surface area contributed by atoms with E-state index in [0.717, 1.165) is 18.9 Å². The monoisotopic (exact) mass is 275 g/mol. The molecule has 2 unspecified atom stereocenters. The average Bonchev–Trinajstić information content (AvgIpc) is 2.69. The lowest BCUT2D eigenvalue weighted by Crippen LogP contribution is -2.33. The Morgan fingerprint density at radius 3 is 3.05 bits per heavy atom. The third kappa shape index (κ3) is 3.95. The van der Waals surface area contributed by atoms with E-state index in [1.165, 1.54) is 37.7 Å². The van der Waals surface area contributed by atoms with Crippen molar-refractivity contribution in [1.29, 1.82) is 0 Å². The molecule has 3 nitrogen and oxygen atoms in total. The van der Waals surface area contributed by atoms with Gasteiger partial charge in [-0.1, -0.05) is 19.8 Å². The van der Waals surface area contributed by atoms with Crippen molar-refractivity contribution in [3.05, 3.63) is 23.9 Å². The van der Waals surface area contributed by atoms with E-state index in [1.54, 1.807) is 0 Å². The zero-order chi connectivity index (χ0) is 14.4. The molecule has 0 saturated carbocycles. The van der Waals surface area contributed by atoms with Crippen molar-refractivity contribution in [2.45, 2.75) is 65.0 Å². The van der Waals surface area contributed by atoms with Crippen molar-refractivity contribution in [1.82, 2.24) is 10.3 Å². The molecule has 1 fully saturated rings.